The molecule has 5 rings (SSSR count). The fraction of sp³-hybridized carbons (Fsp3) is 0.290. The molecule has 0 bridgehead atoms. The number of nitrogens with zero attached hydrogens (tertiary/aromatic N) is 4. The summed E-state index contributed by atoms with van der Waals surface area (Å²) in [5, 5.41) is 3.19. The highest BCUT2D eigenvalue weighted by atomic mass is 16.1. The van der Waals surface area contributed by atoms with Crippen molar-refractivity contribution in [1.82, 2.24) is 24.8 Å². The van der Waals surface area contributed by atoms with Gasteiger partial charge in [0.05, 0.1) is 11.7 Å². The Morgan fingerprint density at radius 1 is 1.05 bits per heavy atom. The molecule has 6 heteroatoms. The Morgan fingerprint density at radius 2 is 1.78 bits per heavy atom. The van der Waals surface area contributed by atoms with Crippen molar-refractivity contribution in [3.05, 3.63) is 90.4 Å². The van der Waals surface area contributed by atoms with Gasteiger partial charge in [0, 0.05) is 18.2 Å². The number of nitrogens with one attached hydrogen (secondary N) is 1. The van der Waals surface area contributed by atoms with E-state index in [2.05, 4.69) is 65.1 Å². The predicted molar refractivity (Wildman–Crippen MR) is 149 cm³/mol. The third-order valence-corrected chi connectivity index (χ3v) is 7.08. The fourth-order valence-corrected chi connectivity index (χ4v) is 5.05. The highest BCUT2D eigenvalue weighted by molar-refractivity contribution is 5.81. The molecule has 0 aliphatic heterocycles. The number of rotatable bonds is 7. The number of imidazole rings is 1. The molecule has 188 valence electrons. The molecule has 2 aromatic heterocycles. The fourth-order valence-electron chi connectivity index (χ4n) is 5.05. The monoisotopic (exact) mass is 491 g/mol. The molecule has 1 aliphatic carbocycles. The summed E-state index contributed by atoms with van der Waals surface area (Å²) in [6.07, 6.45) is 11.1. The molecule has 0 saturated heterocycles. The van der Waals surface area contributed by atoms with E-state index in [1.807, 2.05) is 49.5 Å². The van der Waals surface area contributed by atoms with Crippen LogP contribution in [0.2, 0.25) is 0 Å². The summed E-state index contributed by atoms with van der Waals surface area (Å²) in [4.78, 5) is 26.5. The molecule has 2 heterocycles. The number of carbonyl (C=O) groups excluding carboxylic acids is 1. The first-order valence-electron chi connectivity index (χ1n) is 13.0. The Balaban J connectivity index is 1.68. The molecule has 1 fully saturated rings. The van der Waals surface area contributed by atoms with Crippen LogP contribution in [0.25, 0.3) is 33.8 Å². The summed E-state index contributed by atoms with van der Waals surface area (Å²) in [5.41, 5.74) is 5.45. The molecule has 4 aromatic rings. The van der Waals surface area contributed by atoms with E-state index in [1.54, 1.807) is 6.92 Å². The van der Waals surface area contributed by atoms with Gasteiger partial charge in [0.15, 0.2) is 11.5 Å². The second-order valence-electron chi connectivity index (χ2n) is 10.0. The Kier molecular flexibility index (Phi) is 6.74. The Morgan fingerprint density at radius 3 is 2.38 bits per heavy atom. The van der Waals surface area contributed by atoms with Crippen molar-refractivity contribution in [2.45, 2.75) is 52.5 Å². The number of fused-ring (bicyclic) bond motifs is 1. The molecule has 6 nitrogen and oxygen atoms in total. The van der Waals surface area contributed by atoms with E-state index >= 15 is 0 Å². The van der Waals surface area contributed by atoms with Gasteiger partial charge in [-0.1, -0.05) is 74.5 Å². The maximum atomic E-state index is 11.9. The van der Waals surface area contributed by atoms with E-state index in [4.69, 9.17) is 9.97 Å². The average Bonchev–Trinajstić information content (AvgIpc) is 3.25. The number of amides is 1. The third-order valence-electron chi connectivity index (χ3n) is 7.08. The van der Waals surface area contributed by atoms with Crippen LogP contribution < -0.4 is 5.32 Å². The topological polar surface area (TPSA) is 72.7 Å². The second kappa shape index (κ2) is 10.1. The first-order valence-corrected chi connectivity index (χ1v) is 13.0. The van der Waals surface area contributed by atoms with Crippen molar-refractivity contribution in [2.24, 2.45) is 5.92 Å². The van der Waals surface area contributed by atoms with Crippen LogP contribution in [0.15, 0.2) is 79.0 Å². The number of benzene rings is 2. The maximum absolute atomic E-state index is 11.9. The van der Waals surface area contributed by atoms with E-state index in [-0.39, 0.29) is 17.4 Å². The molecule has 0 radical (unpaired) electrons. The zero-order chi connectivity index (χ0) is 26.0. The maximum Gasteiger partial charge on any atom is 0.217 e. The van der Waals surface area contributed by atoms with Gasteiger partial charge in [-0.15, -0.1) is 0 Å². The highest BCUT2D eigenvalue weighted by Crippen LogP contribution is 2.41. The lowest BCUT2D eigenvalue weighted by molar-refractivity contribution is -0.122. The van der Waals surface area contributed by atoms with Crippen LogP contribution in [0.3, 0.4) is 0 Å². The lowest BCUT2D eigenvalue weighted by Crippen LogP contribution is -2.50. The van der Waals surface area contributed by atoms with Gasteiger partial charge in [-0.3, -0.25) is 9.36 Å². The van der Waals surface area contributed by atoms with Gasteiger partial charge in [0.2, 0.25) is 5.91 Å². The zero-order valence-corrected chi connectivity index (χ0v) is 21.9. The molecular formula is C31H33N5O. The minimum atomic E-state index is -0.262. The smallest absolute Gasteiger partial charge is 0.217 e. The van der Waals surface area contributed by atoms with Crippen LogP contribution in [0.5, 0.6) is 0 Å². The summed E-state index contributed by atoms with van der Waals surface area (Å²) in [6, 6.07) is 18.5. The summed E-state index contributed by atoms with van der Waals surface area (Å²) in [5.74, 6) is 1.79. The van der Waals surface area contributed by atoms with E-state index < -0.39 is 0 Å². The van der Waals surface area contributed by atoms with E-state index in [0.29, 0.717) is 5.82 Å². The molecule has 0 atom stereocenters. The summed E-state index contributed by atoms with van der Waals surface area (Å²) < 4.78 is 2.13. The normalized spacial score (nSPS) is 15.3. The Hall–Kier alpha value is -4.06. The minimum absolute atomic E-state index is 0.00694. The summed E-state index contributed by atoms with van der Waals surface area (Å²) in [7, 11) is 0. The van der Waals surface area contributed by atoms with Gasteiger partial charge in [-0.2, -0.15) is 0 Å². The standard InChI is InChI=1S/C31H33N5O/c1-5-6-13-26(21(2)3)29-33-27-20-32-28(23-11-8-7-9-12-23)34-30(27)36(29)25-16-14-24(15-17-25)31(18-10-19-31)35-22(4)37/h5-9,11-17,20-21H,10,18-19H2,1-4H3,(H,35,37)/b6-5-,26-13+. The van der Waals surface area contributed by atoms with Crippen molar-refractivity contribution in [3.8, 4) is 17.1 Å². The SMILES string of the molecule is C/C=C\C=C(\c1nc2cnc(-c3ccccc3)nc2n1-c1ccc(C2(NC(C)=O)CCC2)cc1)C(C)C. The summed E-state index contributed by atoms with van der Waals surface area (Å²) in [6.45, 7) is 7.96. The molecule has 0 spiro atoms. The van der Waals surface area contributed by atoms with Crippen LogP contribution in [0.4, 0.5) is 0 Å². The lowest BCUT2D eigenvalue weighted by atomic mass is 9.71. The van der Waals surface area contributed by atoms with Crippen molar-refractivity contribution >= 4 is 22.6 Å². The largest absolute Gasteiger partial charge is 0.347 e. The second-order valence-corrected chi connectivity index (χ2v) is 10.0. The van der Waals surface area contributed by atoms with Gasteiger partial charge >= 0.3 is 0 Å². The molecule has 37 heavy (non-hydrogen) atoms. The van der Waals surface area contributed by atoms with Crippen LogP contribution >= 0.6 is 0 Å². The number of hydrogen-bond donors (Lipinski definition) is 1. The first-order chi connectivity index (χ1) is 17.9. The van der Waals surface area contributed by atoms with Crippen LogP contribution in [-0.4, -0.2) is 25.4 Å². The third kappa shape index (κ3) is 4.71. The van der Waals surface area contributed by atoms with E-state index in [1.165, 1.54) is 0 Å². The molecule has 1 aliphatic rings. The molecule has 0 unspecified atom stereocenters. The van der Waals surface area contributed by atoms with Gasteiger partial charge in [-0.05, 0) is 55.4 Å². The van der Waals surface area contributed by atoms with Crippen LogP contribution in [0, 0.1) is 5.92 Å². The number of carbonyl (C=O) groups is 1. The molecule has 1 N–H and O–H groups in total. The zero-order valence-electron chi connectivity index (χ0n) is 21.9. The Bertz CT molecular complexity index is 1480. The van der Waals surface area contributed by atoms with Crippen LogP contribution in [0.1, 0.15) is 58.3 Å². The van der Waals surface area contributed by atoms with Gasteiger partial charge in [0.1, 0.15) is 11.3 Å². The number of aromatic nitrogens is 4. The van der Waals surface area contributed by atoms with Crippen LogP contribution in [-0.2, 0) is 10.3 Å². The quantitative estimate of drug-likeness (QED) is 0.295. The molecule has 2 aromatic carbocycles. The molecule has 1 saturated carbocycles. The van der Waals surface area contributed by atoms with E-state index in [0.717, 1.165) is 58.6 Å². The predicted octanol–water partition coefficient (Wildman–Crippen LogP) is 6.61. The van der Waals surface area contributed by atoms with Crippen molar-refractivity contribution < 1.29 is 4.79 Å². The average molecular weight is 492 g/mol. The Labute approximate surface area is 218 Å². The van der Waals surface area contributed by atoms with Crippen molar-refractivity contribution in [3.63, 3.8) is 0 Å². The van der Waals surface area contributed by atoms with E-state index in [9.17, 15) is 4.79 Å². The summed E-state index contributed by atoms with van der Waals surface area (Å²) >= 11 is 0. The first kappa shape index (κ1) is 24.6. The van der Waals surface area contributed by atoms with Crippen molar-refractivity contribution in [2.75, 3.05) is 0 Å². The lowest BCUT2D eigenvalue weighted by Gasteiger charge is -2.43. The number of allylic oxidation sites excluding steroid dienone is 4. The van der Waals surface area contributed by atoms with Gasteiger partial charge in [-0.25, -0.2) is 15.0 Å². The highest BCUT2D eigenvalue weighted by Gasteiger charge is 2.39. The van der Waals surface area contributed by atoms with Gasteiger partial charge in [0.25, 0.3) is 0 Å². The molecule has 1 amide bonds. The minimum Gasteiger partial charge on any atom is -0.347 e. The molecular weight excluding hydrogens is 458 g/mol. The van der Waals surface area contributed by atoms with Gasteiger partial charge < -0.3 is 5.32 Å². The van der Waals surface area contributed by atoms with Crippen molar-refractivity contribution in [1.29, 1.82) is 0 Å². The number of hydrogen-bond acceptors (Lipinski definition) is 4.